The van der Waals surface area contributed by atoms with Crippen LogP contribution in [0.25, 0.3) is 5.69 Å². The first kappa shape index (κ1) is 22.0. The number of hydrogen-bond donors (Lipinski definition) is 2. The van der Waals surface area contributed by atoms with Gasteiger partial charge in [-0.2, -0.15) is 0 Å². The molecule has 34 heavy (non-hydrogen) atoms. The van der Waals surface area contributed by atoms with Crippen molar-refractivity contribution in [1.82, 2.24) is 14.9 Å². The number of aromatic nitrogens is 2. The molecule has 0 radical (unpaired) electrons. The van der Waals surface area contributed by atoms with Crippen LogP contribution in [0.4, 0.5) is 5.69 Å². The molecule has 7 heteroatoms. The van der Waals surface area contributed by atoms with Gasteiger partial charge in [0.15, 0.2) is 5.11 Å². The molecule has 1 saturated heterocycles. The van der Waals surface area contributed by atoms with Gasteiger partial charge in [0.05, 0.1) is 24.9 Å². The monoisotopic (exact) mass is 470 g/mol. The lowest BCUT2D eigenvalue weighted by molar-refractivity contribution is 0.414. The van der Waals surface area contributed by atoms with Gasteiger partial charge in [0.25, 0.3) is 0 Å². The highest BCUT2D eigenvalue weighted by atomic mass is 32.1. The zero-order valence-corrected chi connectivity index (χ0v) is 20.1. The van der Waals surface area contributed by atoms with Crippen molar-refractivity contribution in [3.63, 3.8) is 0 Å². The van der Waals surface area contributed by atoms with E-state index in [2.05, 4.69) is 45.7 Å². The molecule has 0 amide bonds. The molecule has 1 aliphatic heterocycles. The molecule has 5 rings (SSSR count). The van der Waals surface area contributed by atoms with E-state index in [-0.39, 0.29) is 17.8 Å². The Bertz CT molecular complexity index is 1330. The number of aryl methyl sites for hydroxylation is 1. The van der Waals surface area contributed by atoms with E-state index in [1.54, 1.807) is 25.4 Å². The molecule has 4 aromatic rings. The van der Waals surface area contributed by atoms with Crippen LogP contribution in [-0.2, 0) is 0 Å². The molecule has 2 aromatic heterocycles. The van der Waals surface area contributed by atoms with E-state index < -0.39 is 0 Å². The fourth-order valence-electron chi connectivity index (χ4n) is 4.80. The quantitative estimate of drug-likeness (QED) is 0.382. The number of methoxy groups -OCH3 is 1. The number of phenols is 1. The molecule has 0 aliphatic carbocycles. The van der Waals surface area contributed by atoms with Crippen molar-refractivity contribution in [3.8, 4) is 17.2 Å². The van der Waals surface area contributed by atoms with E-state index in [0.717, 1.165) is 39.8 Å². The highest BCUT2D eigenvalue weighted by Crippen LogP contribution is 2.44. The van der Waals surface area contributed by atoms with Gasteiger partial charge < -0.3 is 24.6 Å². The first-order valence-corrected chi connectivity index (χ1v) is 11.5. The highest BCUT2D eigenvalue weighted by molar-refractivity contribution is 7.80. The smallest absolute Gasteiger partial charge is 0.174 e. The number of nitrogens with zero attached hydrogens (tertiary/aromatic N) is 3. The molecule has 2 aromatic carbocycles. The van der Waals surface area contributed by atoms with E-state index >= 15 is 0 Å². The Labute approximate surface area is 204 Å². The number of rotatable bonds is 5. The molecule has 1 fully saturated rings. The third kappa shape index (κ3) is 3.78. The van der Waals surface area contributed by atoms with E-state index in [0.29, 0.717) is 5.11 Å². The molecule has 2 atom stereocenters. The summed E-state index contributed by atoms with van der Waals surface area (Å²) in [5.41, 5.74) is 6.25. The minimum atomic E-state index is -0.137. The summed E-state index contributed by atoms with van der Waals surface area (Å²) in [6.07, 6.45) is 1.81. The summed E-state index contributed by atoms with van der Waals surface area (Å²) in [7, 11) is 1.68. The lowest BCUT2D eigenvalue weighted by Crippen LogP contribution is -2.29. The second kappa shape index (κ2) is 8.83. The predicted molar refractivity (Wildman–Crippen MR) is 138 cm³/mol. The molecule has 6 nitrogen and oxygen atoms in total. The van der Waals surface area contributed by atoms with Crippen LogP contribution in [0.15, 0.2) is 79.0 Å². The molecule has 172 valence electrons. The molecule has 2 unspecified atom stereocenters. The van der Waals surface area contributed by atoms with Crippen LogP contribution in [-0.4, -0.2) is 26.9 Å². The maximum absolute atomic E-state index is 9.84. The van der Waals surface area contributed by atoms with Crippen molar-refractivity contribution in [2.45, 2.75) is 25.9 Å². The van der Waals surface area contributed by atoms with Crippen LogP contribution >= 0.6 is 12.2 Å². The zero-order valence-electron chi connectivity index (χ0n) is 19.3. The van der Waals surface area contributed by atoms with Gasteiger partial charge in [-0.3, -0.25) is 4.98 Å². The highest BCUT2D eigenvalue weighted by Gasteiger charge is 2.42. The zero-order chi connectivity index (χ0) is 23.8. The Kier molecular flexibility index (Phi) is 5.71. The SMILES string of the molecule is COc1cccc(-n2c(C)cc(C3C(c4ccccn4)NC(=S)N3c3ccc(O)cc3)c2C)c1. The Morgan fingerprint density at radius 2 is 1.76 bits per heavy atom. The second-order valence-corrected chi connectivity index (χ2v) is 8.76. The number of phenolic OH excluding ortho intramolecular Hbond substituents is 1. The molecular formula is C27H26N4O2S. The van der Waals surface area contributed by atoms with Crippen LogP contribution in [0.1, 0.15) is 34.7 Å². The van der Waals surface area contributed by atoms with Gasteiger partial charge in [0, 0.05) is 35.0 Å². The average Bonchev–Trinajstić information content (AvgIpc) is 3.35. The summed E-state index contributed by atoms with van der Waals surface area (Å²) in [4.78, 5) is 6.76. The van der Waals surface area contributed by atoms with Crippen LogP contribution in [0, 0.1) is 13.8 Å². The second-order valence-electron chi connectivity index (χ2n) is 8.38. The number of thiocarbonyl (C=S) groups is 1. The average molecular weight is 471 g/mol. The summed E-state index contributed by atoms with van der Waals surface area (Å²) in [5, 5.41) is 14.0. The Hall–Kier alpha value is -3.84. The molecule has 1 aliphatic rings. The fraction of sp³-hybridized carbons (Fsp3) is 0.185. The minimum Gasteiger partial charge on any atom is -0.508 e. The van der Waals surface area contributed by atoms with Gasteiger partial charge in [0.1, 0.15) is 11.5 Å². The molecule has 0 bridgehead atoms. The van der Waals surface area contributed by atoms with Gasteiger partial charge in [-0.1, -0.05) is 12.1 Å². The maximum Gasteiger partial charge on any atom is 0.174 e. The number of aromatic hydroxyl groups is 1. The Balaban J connectivity index is 1.67. The summed E-state index contributed by atoms with van der Waals surface area (Å²) in [6, 6.07) is 23.1. The number of nitrogens with one attached hydrogen (secondary N) is 1. The van der Waals surface area contributed by atoms with Crippen LogP contribution < -0.4 is 15.0 Å². The largest absolute Gasteiger partial charge is 0.508 e. The van der Waals surface area contributed by atoms with Gasteiger partial charge in [-0.25, -0.2) is 0 Å². The molecule has 0 spiro atoms. The van der Waals surface area contributed by atoms with Gasteiger partial charge in [-0.05, 0) is 86.2 Å². The molecular weight excluding hydrogens is 444 g/mol. The number of ether oxygens (including phenoxy) is 1. The summed E-state index contributed by atoms with van der Waals surface area (Å²) in [5.74, 6) is 1.03. The summed E-state index contributed by atoms with van der Waals surface area (Å²) < 4.78 is 7.70. The van der Waals surface area contributed by atoms with E-state index in [4.69, 9.17) is 17.0 Å². The predicted octanol–water partition coefficient (Wildman–Crippen LogP) is 5.38. The minimum absolute atomic E-state index is 0.127. The molecule has 2 N–H and O–H groups in total. The van der Waals surface area contributed by atoms with E-state index in [9.17, 15) is 5.11 Å². The van der Waals surface area contributed by atoms with Gasteiger partial charge in [0.2, 0.25) is 0 Å². The number of hydrogen-bond acceptors (Lipinski definition) is 4. The first-order chi connectivity index (χ1) is 16.5. The third-order valence-corrected chi connectivity index (χ3v) is 6.64. The van der Waals surface area contributed by atoms with Crippen molar-refractivity contribution in [1.29, 1.82) is 0 Å². The fourth-order valence-corrected chi connectivity index (χ4v) is 5.14. The van der Waals surface area contributed by atoms with Crippen molar-refractivity contribution in [3.05, 3.63) is 102 Å². The molecule has 0 saturated carbocycles. The molecule has 3 heterocycles. The van der Waals surface area contributed by atoms with Crippen LogP contribution in [0.5, 0.6) is 11.5 Å². The maximum atomic E-state index is 9.84. The van der Waals surface area contributed by atoms with E-state index in [1.165, 1.54) is 0 Å². The number of anilines is 1. The van der Waals surface area contributed by atoms with Gasteiger partial charge >= 0.3 is 0 Å². The van der Waals surface area contributed by atoms with Crippen LogP contribution in [0.2, 0.25) is 0 Å². The van der Waals surface area contributed by atoms with Crippen LogP contribution in [0.3, 0.4) is 0 Å². The first-order valence-electron chi connectivity index (χ1n) is 11.1. The standard InChI is InChI=1S/C27H26N4O2S/c1-17-15-23(18(2)30(17)20-7-6-8-22(16-20)33-3)26-25(24-9-4-5-14-28-24)29-27(34)31(26)19-10-12-21(32)13-11-19/h4-16,25-26,32H,1-3H3,(H,29,34). The number of pyridine rings is 1. The number of benzene rings is 2. The van der Waals surface area contributed by atoms with E-state index in [1.807, 2.05) is 48.5 Å². The third-order valence-electron chi connectivity index (χ3n) is 6.33. The lowest BCUT2D eigenvalue weighted by atomic mass is 9.96. The van der Waals surface area contributed by atoms with Gasteiger partial charge in [-0.15, -0.1) is 0 Å². The Morgan fingerprint density at radius 1 is 0.971 bits per heavy atom. The Morgan fingerprint density at radius 3 is 2.47 bits per heavy atom. The summed E-state index contributed by atoms with van der Waals surface area (Å²) >= 11 is 5.82. The normalized spacial score (nSPS) is 17.6. The van der Waals surface area contributed by atoms with Crippen molar-refractivity contribution in [2.75, 3.05) is 12.0 Å². The van der Waals surface area contributed by atoms with Crippen molar-refractivity contribution >= 4 is 23.0 Å². The summed E-state index contributed by atoms with van der Waals surface area (Å²) in [6.45, 7) is 4.24. The van der Waals surface area contributed by atoms with Crippen molar-refractivity contribution in [2.24, 2.45) is 0 Å². The lowest BCUT2D eigenvalue weighted by Gasteiger charge is -2.28. The van der Waals surface area contributed by atoms with Crippen molar-refractivity contribution < 1.29 is 9.84 Å². The topological polar surface area (TPSA) is 62.5 Å².